The van der Waals surface area contributed by atoms with Gasteiger partial charge in [0.25, 0.3) is 10.1 Å². The number of nitrogens with zero attached hydrogens (tertiary/aromatic N) is 2. The van der Waals surface area contributed by atoms with E-state index in [9.17, 15) is 8.42 Å². The Labute approximate surface area is 210 Å². The average molecular weight is 508 g/mol. The van der Waals surface area contributed by atoms with Crippen LogP contribution in [-0.2, 0) is 10.1 Å². The summed E-state index contributed by atoms with van der Waals surface area (Å²) in [5, 5.41) is 2.82. The number of allylic oxidation sites excluding steroid dienone is 5. The van der Waals surface area contributed by atoms with Gasteiger partial charge in [-0.3, -0.25) is 4.55 Å². The fourth-order valence-corrected chi connectivity index (χ4v) is 8.66. The van der Waals surface area contributed by atoms with Crippen LogP contribution in [0.25, 0.3) is 5.57 Å². The van der Waals surface area contributed by atoms with E-state index >= 15 is 0 Å². The largest absolute Gasteiger partial charge is 0.375 e. The van der Waals surface area contributed by atoms with Gasteiger partial charge < -0.3 is 4.90 Å². The molecule has 0 saturated heterocycles. The maximum Gasteiger partial charge on any atom is 0.264 e. The van der Waals surface area contributed by atoms with E-state index in [-0.39, 0.29) is 5.75 Å². The summed E-state index contributed by atoms with van der Waals surface area (Å²) in [4.78, 5) is 2.08. The molecule has 0 spiro atoms. The second-order valence-electron chi connectivity index (χ2n) is 10.2. The predicted molar refractivity (Wildman–Crippen MR) is 149 cm³/mol. The lowest BCUT2D eigenvalue weighted by atomic mass is 9.87. The molecular weight excluding hydrogens is 472 g/mol. The molecule has 184 valence electrons. The van der Waals surface area contributed by atoms with Crippen molar-refractivity contribution in [3.8, 4) is 0 Å². The van der Waals surface area contributed by atoms with Crippen molar-refractivity contribution < 1.29 is 17.5 Å². The molecule has 2 aromatic carbocycles. The molecule has 4 rings (SSSR count). The number of aryl methyl sites for hydroxylation is 1. The zero-order chi connectivity index (χ0) is 25.5. The van der Waals surface area contributed by atoms with Crippen molar-refractivity contribution in [2.24, 2.45) is 0 Å². The monoisotopic (exact) mass is 507 g/mol. The minimum Gasteiger partial charge on any atom is -0.375 e. The Balaban J connectivity index is 1.88. The molecule has 2 aliphatic rings. The molecule has 1 N–H and O–H groups in total. The second kappa shape index (κ2) is 9.37. The summed E-state index contributed by atoms with van der Waals surface area (Å²) in [6.07, 6.45) is 7.25. The van der Waals surface area contributed by atoms with Gasteiger partial charge in [-0.1, -0.05) is 43.4 Å². The molecule has 0 radical (unpaired) electrons. The molecule has 1 heterocycles. The van der Waals surface area contributed by atoms with Crippen molar-refractivity contribution >= 4 is 40.4 Å². The SMILES string of the molecule is Cc1ccccc1C1=C2C=CC(=[N+](C)C)C=C2[Si](C)(C)c2cc(N(C)CCCS(=O)(=O)O)ccc21. The zero-order valence-electron chi connectivity index (χ0n) is 21.5. The Morgan fingerprint density at radius 3 is 2.40 bits per heavy atom. The van der Waals surface area contributed by atoms with Crippen LogP contribution in [-0.4, -0.2) is 64.8 Å². The highest BCUT2D eigenvalue weighted by molar-refractivity contribution is 7.85. The molecule has 1 aliphatic heterocycles. The lowest BCUT2D eigenvalue weighted by molar-refractivity contribution is -0.462. The first-order valence-corrected chi connectivity index (χ1v) is 16.6. The van der Waals surface area contributed by atoms with E-state index in [0.29, 0.717) is 13.0 Å². The summed E-state index contributed by atoms with van der Waals surface area (Å²) in [6.45, 7) is 7.56. The van der Waals surface area contributed by atoms with E-state index in [1.807, 2.05) is 7.05 Å². The summed E-state index contributed by atoms with van der Waals surface area (Å²) in [7, 11) is 0.145. The standard InChI is InChI=1S/C28H34N2O3SSi/c1-20-10-7-8-11-23(20)28-24-14-12-21(29(2)3)18-26(24)35(5,6)27-19-22(13-15-25(27)28)30(4)16-9-17-34(31,32)33/h7-8,10-15,18-19H,9,16-17H2,1-6H3/p+1. The minimum absolute atomic E-state index is 0.228. The van der Waals surface area contributed by atoms with Gasteiger partial charge >= 0.3 is 0 Å². The van der Waals surface area contributed by atoms with Crippen LogP contribution in [0, 0.1) is 6.92 Å². The molecular formula is C28H35N2O3SSi+. The van der Waals surface area contributed by atoms with E-state index in [1.54, 1.807) is 0 Å². The van der Waals surface area contributed by atoms with Crippen molar-refractivity contribution in [1.82, 2.24) is 0 Å². The van der Waals surface area contributed by atoms with Crippen molar-refractivity contribution in [2.45, 2.75) is 26.4 Å². The van der Waals surface area contributed by atoms with Crippen LogP contribution in [0.15, 0.2) is 71.5 Å². The van der Waals surface area contributed by atoms with Gasteiger partial charge in [0.1, 0.15) is 22.2 Å². The summed E-state index contributed by atoms with van der Waals surface area (Å²) < 4.78 is 33.6. The van der Waals surface area contributed by atoms with Crippen molar-refractivity contribution in [2.75, 3.05) is 38.3 Å². The first-order valence-electron chi connectivity index (χ1n) is 12.0. The van der Waals surface area contributed by atoms with E-state index in [0.717, 1.165) is 5.69 Å². The second-order valence-corrected chi connectivity index (χ2v) is 16.1. The van der Waals surface area contributed by atoms with Crippen molar-refractivity contribution in [1.29, 1.82) is 0 Å². The number of rotatable bonds is 6. The van der Waals surface area contributed by atoms with E-state index in [1.165, 1.54) is 43.9 Å². The molecule has 5 nitrogen and oxygen atoms in total. The van der Waals surface area contributed by atoms with E-state index in [2.05, 4.69) is 104 Å². The van der Waals surface area contributed by atoms with Gasteiger partial charge in [-0.05, 0) is 69.8 Å². The Kier molecular flexibility index (Phi) is 6.79. The predicted octanol–water partition coefficient (Wildman–Crippen LogP) is 4.19. The highest BCUT2D eigenvalue weighted by Crippen LogP contribution is 2.42. The lowest BCUT2D eigenvalue weighted by Crippen LogP contribution is -2.49. The molecule has 0 bridgehead atoms. The normalized spacial score (nSPS) is 16.5. The molecule has 0 amide bonds. The minimum atomic E-state index is -3.95. The lowest BCUT2D eigenvalue weighted by Gasteiger charge is -2.38. The molecule has 0 unspecified atom stereocenters. The van der Waals surface area contributed by atoms with Crippen LogP contribution >= 0.6 is 0 Å². The Hall–Kier alpha value is -2.74. The van der Waals surface area contributed by atoms with Crippen molar-refractivity contribution in [3.63, 3.8) is 0 Å². The fraction of sp³-hybridized carbons (Fsp3) is 0.321. The summed E-state index contributed by atoms with van der Waals surface area (Å²) in [6, 6.07) is 15.3. The quantitative estimate of drug-likeness (QED) is 0.362. The Morgan fingerprint density at radius 2 is 1.74 bits per heavy atom. The smallest absolute Gasteiger partial charge is 0.264 e. The highest BCUT2D eigenvalue weighted by atomic mass is 32.2. The summed E-state index contributed by atoms with van der Waals surface area (Å²) in [5.74, 6) is -0.228. The maximum absolute atomic E-state index is 11.2. The van der Waals surface area contributed by atoms with Crippen LogP contribution in [0.5, 0.6) is 0 Å². The highest BCUT2D eigenvalue weighted by Gasteiger charge is 2.40. The fourth-order valence-electron chi connectivity index (χ4n) is 5.10. The third kappa shape index (κ3) is 4.99. The van der Waals surface area contributed by atoms with Crippen LogP contribution in [0.2, 0.25) is 13.1 Å². The Morgan fingerprint density at radius 1 is 1.03 bits per heavy atom. The first-order chi connectivity index (χ1) is 16.4. The summed E-state index contributed by atoms with van der Waals surface area (Å²) in [5.41, 5.74) is 8.67. The molecule has 35 heavy (non-hydrogen) atoms. The van der Waals surface area contributed by atoms with Crippen LogP contribution < -0.4 is 10.1 Å². The van der Waals surface area contributed by atoms with Crippen molar-refractivity contribution in [3.05, 3.63) is 88.2 Å². The molecule has 0 aromatic heterocycles. The Bertz CT molecular complexity index is 1410. The molecule has 0 saturated carbocycles. The third-order valence-electron chi connectivity index (χ3n) is 7.16. The number of hydrogen-bond donors (Lipinski definition) is 1. The number of hydrogen-bond acceptors (Lipinski definition) is 3. The van der Waals surface area contributed by atoms with Crippen LogP contribution in [0.1, 0.15) is 23.1 Å². The van der Waals surface area contributed by atoms with Gasteiger partial charge in [0.15, 0.2) is 5.71 Å². The van der Waals surface area contributed by atoms with Crippen LogP contribution in [0.3, 0.4) is 0 Å². The van der Waals surface area contributed by atoms with Gasteiger partial charge in [0.05, 0.1) is 5.75 Å². The van der Waals surface area contributed by atoms with E-state index in [4.69, 9.17) is 4.55 Å². The molecule has 7 heteroatoms. The average Bonchev–Trinajstić information content (AvgIpc) is 2.79. The van der Waals surface area contributed by atoms with Gasteiger partial charge in [-0.2, -0.15) is 8.42 Å². The van der Waals surface area contributed by atoms with Crippen LogP contribution in [0.4, 0.5) is 5.69 Å². The van der Waals surface area contributed by atoms with Gasteiger partial charge in [0.2, 0.25) is 0 Å². The van der Waals surface area contributed by atoms with Gasteiger partial charge in [-0.25, -0.2) is 4.58 Å². The summed E-state index contributed by atoms with van der Waals surface area (Å²) >= 11 is 0. The molecule has 0 fully saturated rings. The molecule has 1 aliphatic carbocycles. The van der Waals surface area contributed by atoms with E-state index < -0.39 is 18.2 Å². The topological polar surface area (TPSA) is 60.6 Å². The molecule has 0 atom stereocenters. The third-order valence-corrected chi connectivity index (χ3v) is 11.5. The number of anilines is 1. The first kappa shape index (κ1) is 25.4. The maximum atomic E-state index is 11.2. The number of benzene rings is 2. The van der Waals surface area contributed by atoms with Gasteiger partial charge in [-0.15, -0.1) is 0 Å². The van der Waals surface area contributed by atoms with Gasteiger partial charge in [0, 0.05) is 31.4 Å². The zero-order valence-corrected chi connectivity index (χ0v) is 23.3. The molecule has 2 aromatic rings. The number of fused-ring (bicyclic) bond motifs is 2.